The highest BCUT2D eigenvalue weighted by Crippen LogP contribution is 2.27. The SMILES string of the molecule is CN(C)C(=O)CN1CCN(S(=O)(=O)c2ccc3c(c2)CCC(=O)N3)CC1. The van der Waals surface area contributed by atoms with Crippen LogP contribution < -0.4 is 5.32 Å². The number of sulfonamides is 1. The van der Waals surface area contributed by atoms with E-state index in [2.05, 4.69) is 5.32 Å². The molecule has 9 heteroatoms. The number of benzene rings is 1. The Balaban J connectivity index is 1.68. The molecule has 0 unspecified atom stereocenters. The lowest BCUT2D eigenvalue weighted by atomic mass is 10.0. The molecule has 1 fully saturated rings. The highest BCUT2D eigenvalue weighted by Gasteiger charge is 2.30. The summed E-state index contributed by atoms with van der Waals surface area (Å²) >= 11 is 0. The van der Waals surface area contributed by atoms with Crippen LogP contribution in [0.2, 0.25) is 0 Å². The first-order valence-electron chi connectivity index (χ1n) is 8.63. The van der Waals surface area contributed by atoms with Gasteiger partial charge in [0.25, 0.3) is 0 Å². The fourth-order valence-corrected chi connectivity index (χ4v) is 4.60. The predicted molar refractivity (Wildman–Crippen MR) is 97.3 cm³/mol. The van der Waals surface area contributed by atoms with Crippen molar-refractivity contribution in [2.24, 2.45) is 0 Å². The molecule has 2 aliphatic rings. The van der Waals surface area contributed by atoms with Crippen molar-refractivity contribution in [3.05, 3.63) is 23.8 Å². The Morgan fingerprint density at radius 3 is 2.50 bits per heavy atom. The van der Waals surface area contributed by atoms with Gasteiger partial charge < -0.3 is 10.2 Å². The summed E-state index contributed by atoms with van der Waals surface area (Å²) in [6.07, 6.45) is 0.917. The number of nitrogens with zero attached hydrogens (tertiary/aromatic N) is 3. The molecule has 2 amide bonds. The number of hydrogen-bond acceptors (Lipinski definition) is 5. The minimum atomic E-state index is -3.58. The number of nitrogens with one attached hydrogen (secondary N) is 1. The molecule has 0 spiro atoms. The molecule has 0 bridgehead atoms. The van der Waals surface area contributed by atoms with Gasteiger partial charge in [0.1, 0.15) is 0 Å². The van der Waals surface area contributed by atoms with Crippen LogP contribution in [0, 0.1) is 0 Å². The number of fused-ring (bicyclic) bond motifs is 1. The third-order valence-electron chi connectivity index (χ3n) is 4.80. The van der Waals surface area contributed by atoms with E-state index in [0.717, 1.165) is 5.56 Å². The zero-order valence-electron chi connectivity index (χ0n) is 15.1. The van der Waals surface area contributed by atoms with Gasteiger partial charge in [0.15, 0.2) is 0 Å². The quantitative estimate of drug-likeness (QED) is 0.792. The van der Waals surface area contributed by atoms with Gasteiger partial charge in [0.2, 0.25) is 21.8 Å². The van der Waals surface area contributed by atoms with Crippen molar-refractivity contribution < 1.29 is 18.0 Å². The van der Waals surface area contributed by atoms with E-state index in [1.54, 1.807) is 32.3 Å². The topological polar surface area (TPSA) is 90.0 Å². The second-order valence-electron chi connectivity index (χ2n) is 6.84. The maximum Gasteiger partial charge on any atom is 0.243 e. The van der Waals surface area contributed by atoms with E-state index in [1.165, 1.54) is 9.21 Å². The molecule has 8 nitrogen and oxygen atoms in total. The second kappa shape index (κ2) is 7.34. The van der Waals surface area contributed by atoms with Crippen LogP contribution in [0.25, 0.3) is 0 Å². The van der Waals surface area contributed by atoms with Crippen LogP contribution in [0.1, 0.15) is 12.0 Å². The van der Waals surface area contributed by atoms with Crippen LogP contribution in [0.5, 0.6) is 0 Å². The standard InChI is InChI=1S/C17H24N4O4S/c1-19(2)17(23)12-20-7-9-21(10-8-20)26(24,25)14-4-5-15-13(11-14)3-6-16(22)18-15/h4-5,11H,3,6-10,12H2,1-2H3,(H,18,22). The number of piperazine rings is 1. The van der Waals surface area contributed by atoms with Crippen molar-refractivity contribution in [3.8, 4) is 0 Å². The van der Waals surface area contributed by atoms with Gasteiger partial charge >= 0.3 is 0 Å². The lowest BCUT2D eigenvalue weighted by Crippen LogP contribution is -2.50. The number of amides is 2. The third-order valence-corrected chi connectivity index (χ3v) is 6.69. The Morgan fingerprint density at radius 2 is 1.85 bits per heavy atom. The molecule has 0 saturated carbocycles. The van der Waals surface area contributed by atoms with Gasteiger partial charge in [-0.05, 0) is 30.2 Å². The fraction of sp³-hybridized carbons (Fsp3) is 0.529. The average molecular weight is 380 g/mol. The van der Waals surface area contributed by atoms with Crippen LogP contribution in [0.3, 0.4) is 0 Å². The fourth-order valence-electron chi connectivity index (χ4n) is 3.13. The molecule has 0 aromatic heterocycles. The number of aryl methyl sites for hydroxylation is 1. The average Bonchev–Trinajstić information content (AvgIpc) is 2.61. The lowest BCUT2D eigenvalue weighted by molar-refractivity contribution is -0.130. The molecule has 26 heavy (non-hydrogen) atoms. The second-order valence-corrected chi connectivity index (χ2v) is 8.77. The molecule has 2 heterocycles. The zero-order chi connectivity index (χ0) is 18.9. The molecule has 0 atom stereocenters. The van der Waals surface area contributed by atoms with Crippen molar-refractivity contribution in [2.45, 2.75) is 17.7 Å². The first-order valence-corrected chi connectivity index (χ1v) is 10.1. The van der Waals surface area contributed by atoms with Crippen LogP contribution >= 0.6 is 0 Å². The number of likely N-dealkylation sites (N-methyl/N-ethyl adjacent to an activating group) is 1. The van der Waals surface area contributed by atoms with Gasteiger partial charge in [0, 0.05) is 52.4 Å². The summed E-state index contributed by atoms with van der Waals surface area (Å²) in [7, 11) is -0.159. The van der Waals surface area contributed by atoms with Crippen molar-refractivity contribution in [2.75, 3.05) is 52.1 Å². The van der Waals surface area contributed by atoms with E-state index in [1.807, 2.05) is 4.90 Å². The monoisotopic (exact) mass is 380 g/mol. The molecule has 1 saturated heterocycles. The smallest absolute Gasteiger partial charge is 0.243 e. The van der Waals surface area contributed by atoms with Gasteiger partial charge in [-0.15, -0.1) is 0 Å². The van der Waals surface area contributed by atoms with E-state index in [0.29, 0.717) is 51.3 Å². The minimum absolute atomic E-state index is 0.0121. The van der Waals surface area contributed by atoms with Gasteiger partial charge in [-0.1, -0.05) is 0 Å². The number of rotatable bonds is 4. The first-order chi connectivity index (χ1) is 12.3. The van der Waals surface area contributed by atoms with E-state index in [-0.39, 0.29) is 16.7 Å². The van der Waals surface area contributed by atoms with Gasteiger partial charge in [0.05, 0.1) is 11.4 Å². The molecular weight excluding hydrogens is 356 g/mol. The van der Waals surface area contributed by atoms with Crippen molar-refractivity contribution in [1.29, 1.82) is 0 Å². The van der Waals surface area contributed by atoms with Gasteiger partial charge in [-0.25, -0.2) is 8.42 Å². The maximum absolute atomic E-state index is 12.9. The molecule has 3 rings (SSSR count). The van der Waals surface area contributed by atoms with Crippen molar-refractivity contribution >= 4 is 27.5 Å². The minimum Gasteiger partial charge on any atom is -0.348 e. The Morgan fingerprint density at radius 1 is 1.15 bits per heavy atom. The maximum atomic E-state index is 12.9. The largest absolute Gasteiger partial charge is 0.348 e. The van der Waals surface area contributed by atoms with Crippen LogP contribution in [-0.4, -0.2) is 81.2 Å². The first kappa shape index (κ1) is 18.8. The summed E-state index contributed by atoms with van der Waals surface area (Å²) in [5.74, 6) is -0.0328. The summed E-state index contributed by atoms with van der Waals surface area (Å²) in [6, 6.07) is 4.86. The zero-order valence-corrected chi connectivity index (χ0v) is 15.9. The number of carbonyl (C=O) groups excluding carboxylic acids is 2. The Hall–Kier alpha value is -1.97. The molecule has 1 N–H and O–H groups in total. The van der Waals surface area contributed by atoms with Crippen molar-refractivity contribution in [3.63, 3.8) is 0 Å². The summed E-state index contributed by atoms with van der Waals surface area (Å²) in [4.78, 5) is 27.0. The van der Waals surface area contributed by atoms with Crippen LogP contribution in [-0.2, 0) is 26.0 Å². The predicted octanol–water partition coefficient (Wildman–Crippen LogP) is -0.0342. The van der Waals surface area contributed by atoms with E-state index in [9.17, 15) is 18.0 Å². The molecular formula is C17H24N4O4S. The molecule has 0 radical (unpaired) electrons. The third kappa shape index (κ3) is 3.89. The summed E-state index contributed by atoms with van der Waals surface area (Å²) in [5.41, 5.74) is 1.54. The van der Waals surface area contributed by atoms with Gasteiger partial charge in [-0.2, -0.15) is 4.31 Å². The summed E-state index contributed by atoms with van der Waals surface area (Å²) in [6.45, 7) is 2.08. The van der Waals surface area contributed by atoms with E-state index in [4.69, 9.17) is 0 Å². The Bertz CT molecular complexity index is 814. The molecule has 0 aliphatic carbocycles. The highest BCUT2D eigenvalue weighted by molar-refractivity contribution is 7.89. The van der Waals surface area contributed by atoms with Crippen LogP contribution in [0.4, 0.5) is 5.69 Å². The van der Waals surface area contributed by atoms with E-state index < -0.39 is 10.0 Å². The summed E-state index contributed by atoms with van der Waals surface area (Å²) in [5, 5.41) is 2.76. The summed E-state index contributed by atoms with van der Waals surface area (Å²) < 4.78 is 27.3. The molecule has 2 aliphatic heterocycles. The number of carbonyl (C=O) groups is 2. The van der Waals surface area contributed by atoms with Gasteiger partial charge in [-0.3, -0.25) is 14.5 Å². The van der Waals surface area contributed by atoms with Crippen molar-refractivity contribution in [1.82, 2.24) is 14.1 Å². The van der Waals surface area contributed by atoms with Crippen LogP contribution in [0.15, 0.2) is 23.1 Å². The number of anilines is 1. The Kier molecular flexibility index (Phi) is 5.31. The molecule has 1 aromatic carbocycles. The lowest BCUT2D eigenvalue weighted by Gasteiger charge is -2.34. The molecule has 142 valence electrons. The van der Waals surface area contributed by atoms with E-state index >= 15 is 0 Å². The molecule has 1 aromatic rings. The Labute approximate surface area is 153 Å². The normalized spacial score (nSPS) is 18.9. The number of hydrogen-bond donors (Lipinski definition) is 1. The highest BCUT2D eigenvalue weighted by atomic mass is 32.2.